The van der Waals surface area contributed by atoms with E-state index in [2.05, 4.69) is 24.0 Å². The number of ether oxygens (including phenoxy) is 1. The van der Waals surface area contributed by atoms with Crippen molar-refractivity contribution in [3.05, 3.63) is 72.3 Å². The number of nitrogens with zero attached hydrogens (tertiary/aromatic N) is 2. The summed E-state index contributed by atoms with van der Waals surface area (Å²) in [6.07, 6.45) is 0.933. The topological polar surface area (TPSA) is 99.2 Å². The van der Waals surface area contributed by atoms with Crippen LogP contribution in [-0.4, -0.2) is 79.3 Å². The highest BCUT2D eigenvalue weighted by atomic mass is 16.5. The molecule has 0 spiro atoms. The lowest BCUT2D eigenvalue weighted by Gasteiger charge is -2.27. The summed E-state index contributed by atoms with van der Waals surface area (Å²) in [5.74, 6) is -1.71. The number of fused-ring (bicyclic) bond motifs is 3. The first kappa shape index (κ1) is 25.0. The van der Waals surface area contributed by atoms with Crippen LogP contribution in [0, 0.1) is 0 Å². The Labute approximate surface area is 199 Å². The second-order valence-electron chi connectivity index (χ2n) is 8.50. The average Bonchev–Trinajstić information content (AvgIpc) is 3.13. The van der Waals surface area contributed by atoms with Crippen molar-refractivity contribution in [3.8, 4) is 11.1 Å². The van der Waals surface area contributed by atoms with Gasteiger partial charge in [-0.15, -0.1) is 6.58 Å². The molecular weight excluding hydrogens is 434 g/mol. The standard InChI is InChI=1S/C26H31N3O5/c1-4-9-23(25(32)29(16-24(30)31)15-14-28(2)3)27-26(33)34-17-22-20-12-7-5-10-18(20)19-11-6-8-13-21(19)22/h4-8,10-13,22-23H,1,9,14-17H2,2-3H3,(H,27,33)(H,30,31). The summed E-state index contributed by atoms with van der Waals surface area (Å²) < 4.78 is 5.55. The number of aliphatic carboxylic acids is 1. The molecule has 0 aliphatic heterocycles. The number of rotatable bonds is 11. The Morgan fingerprint density at radius 3 is 2.18 bits per heavy atom. The number of likely N-dealkylation sites (N-methyl/N-ethyl adjacent to an activating group) is 1. The highest BCUT2D eigenvalue weighted by Crippen LogP contribution is 2.44. The van der Waals surface area contributed by atoms with Crippen molar-refractivity contribution in [2.45, 2.75) is 18.4 Å². The summed E-state index contributed by atoms with van der Waals surface area (Å²) in [5.41, 5.74) is 4.42. The molecule has 1 aliphatic carbocycles. The van der Waals surface area contributed by atoms with Crippen LogP contribution in [0.5, 0.6) is 0 Å². The van der Waals surface area contributed by atoms with Gasteiger partial charge in [-0.3, -0.25) is 9.59 Å². The molecule has 8 nitrogen and oxygen atoms in total. The number of alkyl carbamates (subject to hydrolysis) is 1. The van der Waals surface area contributed by atoms with E-state index in [4.69, 9.17) is 4.74 Å². The van der Waals surface area contributed by atoms with Crippen molar-refractivity contribution in [3.63, 3.8) is 0 Å². The lowest BCUT2D eigenvalue weighted by Crippen LogP contribution is -2.51. The van der Waals surface area contributed by atoms with Gasteiger partial charge in [0.2, 0.25) is 5.91 Å². The van der Waals surface area contributed by atoms with Crippen LogP contribution in [0.1, 0.15) is 23.5 Å². The van der Waals surface area contributed by atoms with Crippen LogP contribution in [-0.2, 0) is 14.3 Å². The Morgan fingerprint density at radius 1 is 1.06 bits per heavy atom. The monoisotopic (exact) mass is 465 g/mol. The van der Waals surface area contributed by atoms with Gasteiger partial charge in [0, 0.05) is 19.0 Å². The van der Waals surface area contributed by atoms with Crippen LogP contribution >= 0.6 is 0 Å². The zero-order chi connectivity index (χ0) is 24.7. The first-order valence-corrected chi connectivity index (χ1v) is 11.2. The Balaban J connectivity index is 1.67. The van der Waals surface area contributed by atoms with E-state index in [0.29, 0.717) is 6.54 Å². The summed E-state index contributed by atoms with van der Waals surface area (Å²) >= 11 is 0. The number of carboxylic acids is 1. The molecule has 3 rings (SSSR count). The largest absolute Gasteiger partial charge is 0.480 e. The molecule has 1 unspecified atom stereocenters. The molecule has 34 heavy (non-hydrogen) atoms. The number of hydrogen-bond donors (Lipinski definition) is 2. The number of benzene rings is 2. The summed E-state index contributed by atoms with van der Waals surface area (Å²) in [6.45, 7) is 4.04. The second kappa shape index (κ2) is 11.5. The number of carboxylic acid groups (broad SMARTS) is 1. The molecule has 0 heterocycles. The van der Waals surface area contributed by atoms with E-state index >= 15 is 0 Å². The molecule has 2 aromatic rings. The minimum atomic E-state index is -1.12. The van der Waals surface area contributed by atoms with Gasteiger partial charge in [-0.05, 0) is 42.8 Å². The Morgan fingerprint density at radius 2 is 1.65 bits per heavy atom. The SMILES string of the molecule is C=CCC(NC(=O)OCC1c2ccccc2-c2ccccc21)C(=O)N(CCN(C)C)CC(=O)O. The molecule has 180 valence electrons. The van der Waals surface area contributed by atoms with Crippen molar-refractivity contribution in [2.24, 2.45) is 0 Å². The van der Waals surface area contributed by atoms with Gasteiger partial charge < -0.3 is 25.0 Å². The van der Waals surface area contributed by atoms with Gasteiger partial charge in [-0.2, -0.15) is 0 Å². The molecule has 0 fully saturated rings. The lowest BCUT2D eigenvalue weighted by molar-refractivity contribution is -0.145. The summed E-state index contributed by atoms with van der Waals surface area (Å²) in [6, 6.07) is 15.1. The van der Waals surface area contributed by atoms with Crippen LogP contribution in [0.4, 0.5) is 4.79 Å². The number of hydrogen-bond acceptors (Lipinski definition) is 5. The number of carbonyl (C=O) groups is 3. The molecule has 0 saturated heterocycles. The Bertz CT molecular complexity index is 1010. The van der Waals surface area contributed by atoms with Crippen LogP contribution in [0.15, 0.2) is 61.2 Å². The molecule has 0 saturated carbocycles. The van der Waals surface area contributed by atoms with Gasteiger partial charge >= 0.3 is 12.1 Å². The molecule has 8 heteroatoms. The lowest BCUT2D eigenvalue weighted by atomic mass is 9.98. The fourth-order valence-electron chi connectivity index (χ4n) is 4.14. The maximum absolute atomic E-state index is 13.0. The zero-order valence-electron chi connectivity index (χ0n) is 19.6. The quantitative estimate of drug-likeness (QED) is 0.495. The van der Waals surface area contributed by atoms with E-state index in [0.717, 1.165) is 22.3 Å². The highest BCUT2D eigenvalue weighted by molar-refractivity contribution is 5.88. The first-order valence-electron chi connectivity index (χ1n) is 11.2. The van der Waals surface area contributed by atoms with Crippen molar-refractivity contribution in [2.75, 3.05) is 40.3 Å². The predicted octanol–water partition coefficient (Wildman–Crippen LogP) is 2.94. The zero-order valence-corrected chi connectivity index (χ0v) is 19.6. The molecule has 0 radical (unpaired) electrons. The fraction of sp³-hybridized carbons (Fsp3) is 0.346. The maximum atomic E-state index is 13.0. The van der Waals surface area contributed by atoms with E-state index in [1.54, 1.807) is 0 Å². The van der Waals surface area contributed by atoms with Gasteiger partial charge in [0.15, 0.2) is 0 Å². The highest BCUT2D eigenvalue weighted by Gasteiger charge is 2.30. The van der Waals surface area contributed by atoms with Gasteiger partial charge in [0.05, 0.1) is 0 Å². The number of carbonyl (C=O) groups excluding carboxylic acids is 2. The Kier molecular flexibility index (Phi) is 8.43. The maximum Gasteiger partial charge on any atom is 0.407 e. The van der Waals surface area contributed by atoms with E-state index < -0.39 is 30.6 Å². The third kappa shape index (κ3) is 6.02. The molecule has 2 aromatic carbocycles. The van der Waals surface area contributed by atoms with Crippen LogP contribution in [0.3, 0.4) is 0 Å². The molecule has 2 N–H and O–H groups in total. The van der Waals surface area contributed by atoms with Crippen molar-refractivity contribution >= 4 is 18.0 Å². The second-order valence-corrected chi connectivity index (χ2v) is 8.50. The van der Waals surface area contributed by atoms with Gasteiger partial charge in [-0.25, -0.2) is 4.79 Å². The minimum absolute atomic E-state index is 0.102. The summed E-state index contributed by atoms with van der Waals surface area (Å²) in [5, 5.41) is 11.8. The molecule has 0 aromatic heterocycles. The van der Waals surface area contributed by atoms with E-state index in [1.165, 1.54) is 11.0 Å². The van der Waals surface area contributed by atoms with Crippen molar-refractivity contribution < 1.29 is 24.2 Å². The molecule has 1 atom stereocenters. The van der Waals surface area contributed by atoms with Crippen LogP contribution in [0.2, 0.25) is 0 Å². The van der Waals surface area contributed by atoms with Gasteiger partial charge in [0.25, 0.3) is 0 Å². The first-order chi connectivity index (χ1) is 16.3. The van der Waals surface area contributed by atoms with Crippen molar-refractivity contribution in [1.82, 2.24) is 15.1 Å². The fourth-order valence-corrected chi connectivity index (χ4v) is 4.14. The third-order valence-electron chi connectivity index (χ3n) is 5.79. The van der Waals surface area contributed by atoms with Gasteiger partial charge in [-0.1, -0.05) is 54.6 Å². The Hall–Kier alpha value is -3.65. The molecule has 1 aliphatic rings. The van der Waals surface area contributed by atoms with Crippen LogP contribution < -0.4 is 5.32 Å². The van der Waals surface area contributed by atoms with Crippen LogP contribution in [0.25, 0.3) is 11.1 Å². The predicted molar refractivity (Wildman–Crippen MR) is 130 cm³/mol. The van der Waals surface area contributed by atoms with E-state index in [9.17, 15) is 19.5 Å². The summed E-state index contributed by atoms with van der Waals surface area (Å²) in [4.78, 5) is 40.0. The molecular formula is C26H31N3O5. The molecule has 0 bridgehead atoms. The average molecular weight is 466 g/mol. The number of nitrogens with one attached hydrogen (secondary N) is 1. The van der Waals surface area contributed by atoms with Gasteiger partial charge in [0.1, 0.15) is 19.2 Å². The summed E-state index contributed by atoms with van der Waals surface area (Å²) in [7, 11) is 3.67. The van der Waals surface area contributed by atoms with Crippen molar-refractivity contribution in [1.29, 1.82) is 0 Å². The minimum Gasteiger partial charge on any atom is -0.480 e. The third-order valence-corrected chi connectivity index (χ3v) is 5.79. The smallest absolute Gasteiger partial charge is 0.407 e. The number of amides is 2. The van der Waals surface area contributed by atoms with E-state index in [-0.39, 0.29) is 25.5 Å². The molecule has 2 amide bonds. The normalized spacial score (nSPS) is 13.0. The van der Waals surface area contributed by atoms with E-state index in [1.807, 2.05) is 55.4 Å².